The van der Waals surface area contributed by atoms with Crippen LogP contribution in [0.5, 0.6) is 0 Å². The fourth-order valence-corrected chi connectivity index (χ4v) is 3.63. The first-order valence-corrected chi connectivity index (χ1v) is 9.32. The average molecular weight is 330 g/mol. The Morgan fingerprint density at radius 2 is 2.12 bits per heavy atom. The standard InChI is InChI=1S/C19H30N4O/c1-16(2)23-15-17(13-20-23)14-21-9-6-10-22(12-11-21)19(24)18-7-4-3-5-8-18/h3-4,13,15-16,18H,5-12,14H2,1-2H3. The highest BCUT2D eigenvalue weighted by Crippen LogP contribution is 2.21. The van der Waals surface area contributed by atoms with Crippen LogP contribution in [-0.2, 0) is 11.3 Å². The van der Waals surface area contributed by atoms with E-state index in [1.165, 1.54) is 5.56 Å². The number of allylic oxidation sites excluding steroid dienone is 2. The highest BCUT2D eigenvalue weighted by Gasteiger charge is 2.26. The second-order valence-electron chi connectivity index (χ2n) is 7.36. The van der Waals surface area contributed by atoms with Crippen LogP contribution in [0.2, 0.25) is 0 Å². The molecule has 132 valence electrons. The highest BCUT2D eigenvalue weighted by molar-refractivity contribution is 5.79. The van der Waals surface area contributed by atoms with Gasteiger partial charge in [0.25, 0.3) is 0 Å². The molecule has 1 aromatic heterocycles. The summed E-state index contributed by atoms with van der Waals surface area (Å²) in [5.74, 6) is 0.583. The number of carbonyl (C=O) groups is 1. The molecule has 1 unspecified atom stereocenters. The van der Waals surface area contributed by atoms with Crippen LogP contribution in [0.25, 0.3) is 0 Å². The molecule has 2 aliphatic rings. The molecule has 24 heavy (non-hydrogen) atoms. The van der Waals surface area contributed by atoms with E-state index in [0.717, 1.165) is 58.4 Å². The zero-order valence-corrected chi connectivity index (χ0v) is 15.0. The van der Waals surface area contributed by atoms with Crippen molar-refractivity contribution >= 4 is 5.91 Å². The summed E-state index contributed by atoms with van der Waals surface area (Å²) < 4.78 is 2.01. The SMILES string of the molecule is CC(C)n1cc(CN2CCCN(C(=O)C3CC=CCC3)CC2)cn1. The second-order valence-corrected chi connectivity index (χ2v) is 7.36. The number of rotatable bonds is 4. The van der Waals surface area contributed by atoms with Crippen LogP contribution in [0, 0.1) is 5.92 Å². The second kappa shape index (κ2) is 7.97. The molecule has 0 aromatic carbocycles. The van der Waals surface area contributed by atoms with E-state index in [0.29, 0.717) is 11.9 Å². The molecule has 0 bridgehead atoms. The zero-order valence-electron chi connectivity index (χ0n) is 15.0. The maximum Gasteiger partial charge on any atom is 0.226 e. The fraction of sp³-hybridized carbons (Fsp3) is 0.684. The van der Waals surface area contributed by atoms with Gasteiger partial charge in [0.15, 0.2) is 0 Å². The third kappa shape index (κ3) is 4.26. The van der Waals surface area contributed by atoms with Crippen LogP contribution in [0.4, 0.5) is 0 Å². The van der Waals surface area contributed by atoms with Crippen molar-refractivity contribution in [2.45, 2.75) is 52.1 Å². The predicted octanol–water partition coefficient (Wildman–Crippen LogP) is 2.85. The normalized spacial score (nSPS) is 22.8. The van der Waals surface area contributed by atoms with Crippen LogP contribution < -0.4 is 0 Å². The Kier molecular flexibility index (Phi) is 5.72. The molecule has 0 N–H and O–H groups in total. The minimum atomic E-state index is 0.214. The number of carbonyl (C=O) groups excluding carboxylic acids is 1. The Bertz CT molecular complexity index is 578. The minimum Gasteiger partial charge on any atom is -0.341 e. The molecule has 1 atom stereocenters. The minimum absolute atomic E-state index is 0.214. The number of aromatic nitrogens is 2. The third-order valence-corrected chi connectivity index (χ3v) is 5.11. The van der Waals surface area contributed by atoms with Crippen molar-refractivity contribution in [2.75, 3.05) is 26.2 Å². The van der Waals surface area contributed by atoms with Gasteiger partial charge in [-0.25, -0.2) is 0 Å². The first-order chi connectivity index (χ1) is 11.6. The Morgan fingerprint density at radius 1 is 1.25 bits per heavy atom. The molecule has 3 rings (SSSR count). The Morgan fingerprint density at radius 3 is 2.83 bits per heavy atom. The molecule has 0 saturated carbocycles. The molecule has 5 nitrogen and oxygen atoms in total. The smallest absolute Gasteiger partial charge is 0.226 e. The van der Waals surface area contributed by atoms with Crippen molar-refractivity contribution in [1.82, 2.24) is 19.6 Å². The molecule has 0 radical (unpaired) electrons. The molecule has 0 spiro atoms. The summed E-state index contributed by atoms with van der Waals surface area (Å²) in [4.78, 5) is 17.3. The Labute approximate surface area is 145 Å². The van der Waals surface area contributed by atoms with E-state index in [1.54, 1.807) is 0 Å². The zero-order chi connectivity index (χ0) is 16.9. The van der Waals surface area contributed by atoms with Gasteiger partial charge in [-0.05, 0) is 39.5 Å². The van der Waals surface area contributed by atoms with Gasteiger partial charge in [0.1, 0.15) is 0 Å². The van der Waals surface area contributed by atoms with E-state index >= 15 is 0 Å². The molecule has 2 heterocycles. The van der Waals surface area contributed by atoms with Crippen LogP contribution in [0.1, 0.15) is 51.1 Å². The quantitative estimate of drug-likeness (QED) is 0.797. The fourth-order valence-electron chi connectivity index (χ4n) is 3.63. The molecule has 1 amide bonds. The topological polar surface area (TPSA) is 41.4 Å². The van der Waals surface area contributed by atoms with Crippen LogP contribution >= 0.6 is 0 Å². The summed E-state index contributed by atoms with van der Waals surface area (Å²) in [5.41, 5.74) is 1.26. The summed E-state index contributed by atoms with van der Waals surface area (Å²) >= 11 is 0. The van der Waals surface area contributed by atoms with Gasteiger partial charge < -0.3 is 4.90 Å². The molecule has 1 aromatic rings. The van der Waals surface area contributed by atoms with Crippen LogP contribution in [0.15, 0.2) is 24.5 Å². The van der Waals surface area contributed by atoms with Crippen molar-refractivity contribution in [3.05, 3.63) is 30.1 Å². The average Bonchev–Trinajstić information content (AvgIpc) is 2.94. The van der Waals surface area contributed by atoms with Gasteiger partial charge in [-0.2, -0.15) is 5.10 Å². The lowest BCUT2D eigenvalue weighted by Crippen LogP contribution is -2.39. The van der Waals surface area contributed by atoms with Gasteiger partial charge in [-0.1, -0.05) is 12.2 Å². The van der Waals surface area contributed by atoms with E-state index in [4.69, 9.17) is 0 Å². The maximum absolute atomic E-state index is 12.7. The Balaban J connectivity index is 1.52. The van der Waals surface area contributed by atoms with E-state index in [9.17, 15) is 4.79 Å². The van der Waals surface area contributed by atoms with E-state index in [2.05, 4.69) is 47.1 Å². The predicted molar refractivity (Wildman–Crippen MR) is 95.6 cm³/mol. The number of nitrogens with zero attached hydrogens (tertiary/aromatic N) is 4. The van der Waals surface area contributed by atoms with Crippen LogP contribution in [-0.4, -0.2) is 51.7 Å². The van der Waals surface area contributed by atoms with Crippen molar-refractivity contribution in [2.24, 2.45) is 5.92 Å². The number of amides is 1. The first-order valence-electron chi connectivity index (χ1n) is 9.32. The molecule has 1 aliphatic heterocycles. The van der Waals surface area contributed by atoms with Gasteiger partial charge in [-0.3, -0.25) is 14.4 Å². The van der Waals surface area contributed by atoms with Crippen molar-refractivity contribution in [1.29, 1.82) is 0 Å². The van der Waals surface area contributed by atoms with Crippen molar-refractivity contribution < 1.29 is 4.79 Å². The van der Waals surface area contributed by atoms with E-state index < -0.39 is 0 Å². The van der Waals surface area contributed by atoms with Gasteiger partial charge in [0.05, 0.1) is 6.20 Å². The summed E-state index contributed by atoms with van der Waals surface area (Å²) in [6.07, 6.45) is 12.5. The van der Waals surface area contributed by atoms with E-state index in [1.807, 2.05) is 10.9 Å². The molecular weight excluding hydrogens is 300 g/mol. The molecular formula is C19H30N4O. The van der Waals surface area contributed by atoms with E-state index in [-0.39, 0.29) is 5.92 Å². The van der Waals surface area contributed by atoms with Crippen molar-refractivity contribution in [3.63, 3.8) is 0 Å². The van der Waals surface area contributed by atoms with Gasteiger partial charge in [-0.15, -0.1) is 0 Å². The molecule has 1 saturated heterocycles. The number of hydrogen-bond donors (Lipinski definition) is 0. The lowest BCUT2D eigenvalue weighted by Gasteiger charge is -2.27. The molecule has 5 heteroatoms. The van der Waals surface area contributed by atoms with Gasteiger partial charge in [0, 0.05) is 56.4 Å². The highest BCUT2D eigenvalue weighted by atomic mass is 16.2. The van der Waals surface area contributed by atoms with Gasteiger partial charge in [0.2, 0.25) is 5.91 Å². The lowest BCUT2D eigenvalue weighted by atomic mass is 9.93. The lowest BCUT2D eigenvalue weighted by molar-refractivity contribution is -0.135. The molecule has 1 fully saturated rings. The Hall–Kier alpha value is -1.62. The summed E-state index contributed by atoms with van der Waals surface area (Å²) in [7, 11) is 0. The summed E-state index contributed by atoms with van der Waals surface area (Å²) in [6, 6.07) is 0.403. The number of hydrogen-bond acceptors (Lipinski definition) is 3. The maximum atomic E-state index is 12.7. The monoisotopic (exact) mass is 330 g/mol. The van der Waals surface area contributed by atoms with Crippen molar-refractivity contribution in [3.8, 4) is 0 Å². The summed E-state index contributed by atoms with van der Waals surface area (Å²) in [6.45, 7) is 9.00. The summed E-state index contributed by atoms with van der Waals surface area (Å²) in [5, 5.41) is 4.43. The van der Waals surface area contributed by atoms with Gasteiger partial charge >= 0.3 is 0 Å². The first kappa shape index (κ1) is 17.2. The third-order valence-electron chi connectivity index (χ3n) is 5.11. The largest absolute Gasteiger partial charge is 0.341 e. The van der Waals surface area contributed by atoms with Crippen LogP contribution in [0.3, 0.4) is 0 Å². The molecule has 1 aliphatic carbocycles.